The van der Waals surface area contributed by atoms with E-state index in [9.17, 15) is 21.6 Å². The number of nitrogens with zero attached hydrogens (tertiary/aromatic N) is 1. The summed E-state index contributed by atoms with van der Waals surface area (Å²) in [7, 11) is -6.26. The minimum Gasteiger partial charge on any atom is -0.495 e. The fourth-order valence-electron chi connectivity index (χ4n) is 4.23. The monoisotopic (exact) mass is 591 g/mol. The molecule has 0 atom stereocenters. The van der Waals surface area contributed by atoms with Crippen molar-refractivity contribution in [3.63, 3.8) is 0 Å². The normalized spacial score (nSPS) is 15.1. The number of anilines is 2. The Balaban J connectivity index is 1.50. The highest BCUT2D eigenvalue weighted by Gasteiger charge is 2.29. The molecule has 4 rings (SSSR count). The van der Waals surface area contributed by atoms with Crippen molar-refractivity contribution in [2.75, 3.05) is 30.2 Å². The molecule has 1 heterocycles. The molecule has 0 bridgehead atoms. The number of methoxy groups -OCH3 is 1. The molecule has 0 aliphatic carbocycles. The summed E-state index contributed by atoms with van der Waals surface area (Å²) in [4.78, 5) is 13.0. The predicted molar refractivity (Wildman–Crippen MR) is 152 cm³/mol. The van der Waals surface area contributed by atoms with Gasteiger partial charge in [0.25, 0.3) is 15.9 Å². The summed E-state index contributed by atoms with van der Waals surface area (Å²) in [5.41, 5.74) is 1.46. The average molecular weight is 592 g/mol. The van der Waals surface area contributed by atoms with Gasteiger partial charge in [-0.25, -0.2) is 16.8 Å². The minimum atomic E-state index is -3.94. The molecule has 0 spiro atoms. The van der Waals surface area contributed by atoms with Gasteiger partial charge in [-0.3, -0.25) is 9.52 Å². The number of hydrogen-bond donors (Lipinski definition) is 2. The largest absolute Gasteiger partial charge is 0.495 e. The van der Waals surface area contributed by atoms with Crippen molar-refractivity contribution in [3.8, 4) is 5.75 Å². The van der Waals surface area contributed by atoms with Gasteiger partial charge < -0.3 is 10.1 Å². The first-order chi connectivity index (χ1) is 18.4. The zero-order chi connectivity index (χ0) is 28.4. The van der Waals surface area contributed by atoms with Crippen LogP contribution >= 0.6 is 11.6 Å². The van der Waals surface area contributed by atoms with Crippen LogP contribution in [0.5, 0.6) is 5.75 Å². The summed E-state index contributed by atoms with van der Waals surface area (Å²) in [6, 6.07) is 14.7. The molecule has 1 aliphatic rings. The first-order valence-corrected chi connectivity index (χ1v) is 15.6. The van der Waals surface area contributed by atoms with E-state index in [4.69, 9.17) is 16.3 Å². The van der Waals surface area contributed by atoms with Crippen molar-refractivity contribution in [1.29, 1.82) is 0 Å². The lowest BCUT2D eigenvalue weighted by molar-refractivity contribution is 0.102. The molecular weight excluding hydrogens is 562 g/mol. The molecule has 2 N–H and O–H groups in total. The maximum Gasteiger partial charge on any atom is 0.262 e. The Kier molecular flexibility index (Phi) is 8.55. The number of carbonyl (C=O) groups excluding carboxylic acids is 1. The van der Waals surface area contributed by atoms with Crippen LogP contribution < -0.4 is 14.8 Å². The van der Waals surface area contributed by atoms with Crippen LogP contribution in [0.15, 0.2) is 70.5 Å². The molecule has 1 saturated heterocycles. The van der Waals surface area contributed by atoms with Crippen LogP contribution in [0.4, 0.5) is 11.4 Å². The smallest absolute Gasteiger partial charge is 0.262 e. The van der Waals surface area contributed by atoms with E-state index in [1.165, 1.54) is 53.9 Å². The first kappa shape index (κ1) is 28.9. The number of piperidine rings is 1. The highest BCUT2D eigenvalue weighted by atomic mass is 35.5. The highest BCUT2D eigenvalue weighted by molar-refractivity contribution is 7.92. The predicted octanol–water partition coefficient (Wildman–Crippen LogP) is 5.13. The Labute approximate surface area is 234 Å². The maximum absolute atomic E-state index is 13.1. The number of hydrogen-bond acceptors (Lipinski definition) is 6. The second-order valence-electron chi connectivity index (χ2n) is 9.52. The number of rotatable bonds is 8. The van der Waals surface area contributed by atoms with E-state index in [-0.39, 0.29) is 20.4 Å². The molecule has 1 amide bonds. The highest BCUT2D eigenvalue weighted by Crippen LogP contribution is 2.29. The van der Waals surface area contributed by atoms with Crippen LogP contribution in [-0.4, -0.2) is 47.2 Å². The Morgan fingerprint density at radius 1 is 0.949 bits per heavy atom. The summed E-state index contributed by atoms with van der Waals surface area (Å²) in [6.45, 7) is 4.78. The van der Waals surface area contributed by atoms with E-state index < -0.39 is 26.0 Å². The minimum absolute atomic E-state index is 0.00646. The van der Waals surface area contributed by atoms with Crippen molar-refractivity contribution in [2.24, 2.45) is 5.92 Å². The Morgan fingerprint density at radius 3 is 2.23 bits per heavy atom. The van der Waals surface area contributed by atoms with Crippen LogP contribution in [0.25, 0.3) is 0 Å². The third-order valence-electron chi connectivity index (χ3n) is 6.58. The van der Waals surface area contributed by atoms with Gasteiger partial charge in [-0.2, -0.15) is 4.31 Å². The number of halogens is 1. The number of amides is 1. The zero-order valence-electron chi connectivity index (χ0n) is 21.8. The number of carbonyl (C=O) groups is 1. The maximum atomic E-state index is 13.1. The van der Waals surface area contributed by atoms with Gasteiger partial charge in [-0.15, -0.1) is 0 Å². The van der Waals surface area contributed by atoms with Gasteiger partial charge in [0.1, 0.15) is 5.75 Å². The van der Waals surface area contributed by atoms with Gasteiger partial charge in [-0.1, -0.05) is 24.6 Å². The fraction of sp³-hybridized carbons (Fsp3) is 0.296. The van der Waals surface area contributed by atoms with Gasteiger partial charge in [0.15, 0.2) is 0 Å². The molecule has 12 heteroatoms. The molecule has 0 aromatic heterocycles. The standard InChI is InChI=1S/C27H30ClN3O6S2/c1-18-12-14-31(15-13-18)39(35,36)22-9-10-24(28)23(17-22)27(32)29-20-5-7-21(8-6-20)38(33,34)30-25-16-19(2)4-11-26(25)37-3/h4-11,16-18,30H,12-15H2,1-3H3,(H,29,32). The van der Waals surface area contributed by atoms with E-state index >= 15 is 0 Å². The van der Waals surface area contributed by atoms with Gasteiger partial charge >= 0.3 is 0 Å². The van der Waals surface area contributed by atoms with Gasteiger partial charge in [-0.05, 0) is 85.8 Å². The zero-order valence-corrected chi connectivity index (χ0v) is 24.2. The van der Waals surface area contributed by atoms with E-state index in [0.717, 1.165) is 18.4 Å². The third kappa shape index (κ3) is 6.55. The lowest BCUT2D eigenvalue weighted by Crippen LogP contribution is -2.37. The molecule has 3 aromatic carbocycles. The second kappa shape index (κ2) is 11.5. The molecule has 0 unspecified atom stereocenters. The lowest BCUT2D eigenvalue weighted by Gasteiger charge is -2.29. The third-order valence-corrected chi connectivity index (χ3v) is 10.2. The molecular formula is C27H30ClN3O6S2. The van der Waals surface area contributed by atoms with Crippen LogP contribution in [0.3, 0.4) is 0 Å². The van der Waals surface area contributed by atoms with E-state index in [0.29, 0.717) is 36.1 Å². The Morgan fingerprint density at radius 2 is 1.59 bits per heavy atom. The van der Waals surface area contributed by atoms with Crippen LogP contribution in [-0.2, 0) is 20.0 Å². The van der Waals surface area contributed by atoms with Crippen LogP contribution in [0.2, 0.25) is 5.02 Å². The first-order valence-electron chi connectivity index (χ1n) is 12.3. The quantitative estimate of drug-likeness (QED) is 0.374. The molecule has 9 nitrogen and oxygen atoms in total. The lowest BCUT2D eigenvalue weighted by atomic mass is 10.0. The Hall–Kier alpha value is -3.12. The summed E-state index contributed by atoms with van der Waals surface area (Å²) in [5.74, 6) is 0.220. The van der Waals surface area contributed by atoms with Crippen molar-refractivity contribution < 1.29 is 26.4 Å². The molecule has 0 radical (unpaired) electrons. The molecule has 1 aliphatic heterocycles. The van der Waals surface area contributed by atoms with Gasteiger partial charge in [0.2, 0.25) is 10.0 Å². The van der Waals surface area contributed by atoms with E-state index in [1.54, 1.807) is 18.2 Å². The number of ether oxygens (including phenoxy) is 1. The van der Waals surface area contributed by atoms with Crippen molar-refractivity contribution in [2.45, 2.75) is 36.5 Å². The average Bonchev–Trinajstić information content (AvgIpc) is 2.89. The van der Waals surface area contributed by atoms with Crippen molar-refractivity contribution in [1.82, 2.24) is 4.31 Å². The Bertz CT molecular complexity index is 1580. The summed E-state index contributed by atoms with van der Waals surface area (Å²) < 4.78 is 61.3. The second-order valence-corrected chi connectivity index (χ2v) is 13.5. The molecule has 0 saturated carbocycles. The summed E-state index contributed by atoms with van der Waals surface area (Å²) in [6.07, 6.45) is 1.56. The van der Waals surface area contributed by atoms with Gasteiger partial charge in [0.05, 0.1) is 33.2 Å². The van der Waals surface area contributed by atoms with Gasteiger partial charge in [0, 0.05) is 18.8 Å². The van der Waals surface area contributed by atoms with E-state index in [2.05, 4.69) is 17.0 Å². The molecule has 208 valence electrons. The van der Waals surface area contributed by atoms with Crippen LogP contribution in [0.1, 0.15) is 35.7 Å². The number of aryl methyl sites for hydroxylation is 1. The molecule has 1 fully saturated rings. The number of sulfonamides is 2. The van der Waals surface area contributed by atoms with E-state index in [1.807, 2.05) is 6.92 Å². The summed E-state index contributed by atoms with van der Waals surface area (Å²) in [5, 5.41) is 2.74. The van der Waals surface area contributed by atoms with Crippen molar-refractivity contribution >= 4 is 48.9 Å². The molecule has 3 aromatic rings. The fourth-order valence-corrected chi connectivity index (χ4v) is 7.00. The molecule has 39 heavy (non-hydrogen) atoms. The number of benzene rings is 3. The number of nitrogens with one attached hydrogen (secondary N) is 2. The summed E-state index contributed by atoms with van der Waals surface area (Å²) >= 11 is 6.24. The van der Waals surface area contributed by atoms with Crippen molar-refractivity contribution in [3.05, 3.63) is 76.8 Å². The topological polar surface area (TPSA) is 122 Å². The van der Waals surface area contributed by atoms with Crippen LogP contribution in [0, 0.1) is 12.8 Å². The SMILES string of the molecule is COc1ccc(C)cc1NS(=O)(=O)c1ccc(NC(=O)c2cc(S(=O)(=O)N3CCC(C)CC3)ccc2Cl)cc1.